The van der Waals surface area contributed by atoms with Crippen LogP contribution in [-0.2, 0) is 4.12 Å². The third kappa shape index (κ3) is 1.69. The molecule has 0 spiro atoms. The van der Waals surface area contributed by atoms with Gasteiger partial charge >= 0.3 is 0 Å². The van der Waals surface area contributed by atoms with Gasteiger partial charge in [0.15, 0.2) is 0 Å². The molecular weight excluding hydrogens is 160 g/mol. The van der Waals surface area contributed by atoms with Gasteiger partial charge in [-0.25, -0.2) is 0 Å². The summed E-state index contributed by atoms with van der Waals surface area (Å²) < 4.78 is 4.68. The Bertz CT molecular complexity index is 215. The number of para-hydroxylation sites is 1. The quantitative estimate of drug-likeness (QED) is 0.612. The van der Waals surface area contributed by atoms with Crippen molar-refractivity contribution in [3.8, 4) is 5.75 Å². The molecule has 0 aliphatic rings. The molecule has 0 aromatic heterocycles. The molecule has 4 heteroatoms. The molecule has 0 saturated carbocycles. The maximum absolute atomic E-state index is 9.15. The first-order valence-corrected chi connectivity index (χ1v) is 4.03. The highest BCUT2D eigenvalue weighted by molar-refractivity contribution is 6.51. The molecule has 0 atom stereocenters. The number of benzene rings is 1. The van der Waals surface area contributed by atoms with Crippen molar-refractivity contribution < 1.29 is 9.22 Å². The zero-order valence-corrected chi connectivity index (χ0v) is 7.16. The Morgan fingerprint density at radius 3 is 2.70 bits per heavy atom. The molecule has 49 valence electrons. The fraction of sp³-hybridized carbons (Fsp3) is 0. The van der Waals surface area contributed by atoms with E-state index in [0.717, 1.165) is 5.19 Å². The second kappa shape index (κ2) is 3.55. The van der Waals surface area contributed by atoms with Crippen molar-refractivity contribution in [3.05, 3.63) is 24.3 Å². The fourth-order valence-electron chi connectivity index (χ4n) is 0.615. The number of hydrogen-bond acceptors (Lipinski definition) is 2. The van der Waals surface area contributed by atoms with Crippen molar-refractivity contribution in [2.24, 2.45) is 0 Å². The molecule has 0 amide bonds. The van der Waals surface area contributed by atoms with Crippen LogP contribution in [0.1, 0.15) is 0 Å². The number of aromatic hydroxyl groups is 1. The van der Waals surface area contributed by atoms with Crippen molar-refractivity contribution in [1.82, 2.24) is 0 Å². The Hall–Kier alpha value is -0.586. The summed E-state index contributed by atoms with van der Waals surface area (Å²) >= 11 is 0. The van der Waals surface area contributed by atoms with E-state index in [0.29, 0.717) is 0 Å². The zero-order chi connectivity index (χ0) is 7.40. The van der Waals surface area contributed by atoms with E-state index in [9.17, 15) is 0 Å². The Balaban J connectivity index is 2.81. The number of hydrogen-bond donors (Lipinski definition) is 1. The van der Waals surface area contributed by atoms with E-state index in [2.05, 4.69) is 14.6 Å². The van der Waals surface area contributed by atoms with E-state index < -0.39 is 0 Å². The van der Waals surface area contributed by atoms with Crippen LogP contribution in [0.4, 0.5) is 0 Å². The van der Waals surface area contributed by atoms with E-state index in [-0.39, 0.29) is 15.5 Å². The highest BCUT2D eigenvalue weighted by Crippen LogP contribution is 2.00. The van der Waals surface area contributed by atoms with Crippen LogP contribution in [0.25, 0.3) is 0 Å². The molecule has 0 heterocycles. The fourth-order valence-corrected chi connectivity index (χ4v) is 1.41. The van der Waals surface area contributed by atoms with Crippen LogP contribution in [0.3, 0.4) is 0 Å². The Morgan fingerprint density at radius 2 is 2.10 bits per heavy atom. The normalized spacial score (nSPS) is 9.70. The van der Waals surface area contributed by atoms with E-state index in [1.807, 2.05) is 12.1 Å². The summed E-state index contributed by atoms with van der Waals surface area (Å²) in [5.41, 5.74) is 0. The smallest absolute Gasteiger partial charge is 0.260 e. The first-order valence-electron chi connectivity index (χ1n) is 2.71. The van der Waals surface area contributed by atoms with Gasteiger partial charge in [0.05, 0.1) is 0 Å². The van der Waals surface area contributed by atoms with Gasteiger partial charge in [0.25, 0.3) is 9.76 Å². The summed E-state index contributed by atoms with van der Waals surface area (Å²) in [6.45, 7) is 0. The zero-order valence-electron chi connectivity index (χ0n) is 5.16. The van der Waals surface area contributed by atoms with Crippen molar-refractivity contribution in [3.63, 3.8) is 0 Å². The lowest BCUT2D eigenvalue weighted by Gasteiger charge is -1.98. The van der Waals surface area contributed by atoms with Crippen LogP contribution in [0, 0.1) is 0 Å². The monoisotopic (exact) mass is 165 g/mol. The van der Waals surface area contributed by atoms with Crippen molar-refractivity contribution in [1.29, 1.82) is 0 Å². The van der Waals surface area contributed by atoms with Crippen LogP contribution in [0.5, 0.6) is 5.75 Å². The van der Waals surface area contributed by atoms with Crippen molar-refractivity contribution in [2.45, 2.75) is 0 Å². The summed E-state index contributed by atoms with van der Waals surface area (Å²) in [5.74, 6) is 0.277. The lowest BCUT2D eigenvalue weighted by molar-refractivity contribution is 0.478. The molecule has 10 heavy (non-hydrogen) atoms. The summed E-state index contributed by atoms with van der Waals surface area (Å²) in [4.78, 5) is 0. The maximum Gasteiger partial charge on any atom is 0.260 e. The largest absolute Gasteiger partial charge is 0.508 e. The third-order valence-electron chi connectivity index (χ3n) is 1.07. The average Bonchev–Trinajstić information content (AvgIpc) is 1.94. The summed E-state index contributed by atoms with van der Waals surface area (Å²) in [5, 5.41) is 9.95. The first kappa shape index (κ1) is 7.52. The van der Waals surface area contributed by atoms with E-state index in [4.69, 9.17) is 5.11 Å². The van der Waals surface area contributed by atoms with Gasteiger partial charge in [0, 0.05) is 5.19 Å². The van der Waals surface area contributed by atoms with Crippen LogP contribution in [0.2, 0.25) is 0 Å². The maximum atomic E-state index is 9.15. The molecule has 0 fully saturated rings. The molecular formula is C6H5O2Si2. The van der Waals surface area contributed by atoms with Crippen LogP contribution >= 0.6 is 0 Å². The standard InChI is InChI=1S/C6H5O2Si2/c7-5-3-1-2-4-6(5)10-8-9/h1-4,7H. The summed E-state index contributed by atoms with van der Waals surface area (Å²) in [6, 6.07) is 7.08. The minimum atomic E-state index is 0.150. The van der Waals surface area contributed by atoms with Gasteiger partial charge < -0.3 is 9.22 Å². The van der Waals surface area contributed by atoms with E-state index in [1.54, 1.807) is 12.1 Å². The SMILES string of the molecule is Oc1ccccc1[Si]O[Si]. The molecule has 0 bridgehead atoms. The molecule has 0 saturated heterocycles. The Morgan fingerprint density at radius 1 is 1.40 bits per heavy atom. The molecule has 1 rings (SSSR count). The molecule has 2 nitrogen and oxygen atoms in total. The molecule has 1 aromatic carbocycles. The highest BCUT2D eigenvalue weighted by atomic mass is 28.3. The number of phenolic OH excluding ortho intramolecular Hbond substituents is 1. The van der Waals surface area contributed by atoms with Crippen LogP contribution in [-0.4, -0.2) is 25.4 Å². The predicted molar refractivity (Wildman–Crippen MR) is 40.3 cm³/mol. The van der Waals surface area contributed by atoms with E-state index in [1.165, 1.54) is 0 Å². The van der Waals surface area contributed by atoms with Gasteiger partial charge in [-0.15, -0.1) is 0 Å². The average molecular weight is 165 g/mol. The van der Waals surface area contributed by atoms with Crippen molar-refractivity contribution in [2.75, 3.05) is 0 Å². The first-order chi connectivity index (χ1) is 4.84. The molecule has 0 unspecified atom stereocenters. The molecule has 1 aromatic rings. The number of rotatable bonds is 2. The van der Waals surface area contributed by atoms with Crippen LogP contribution in [0.15, 0.2) is 24.3 Å². The second-order valence-electron chi connectivity index (χ2n) is 1.72. The van der Waals surface area contributed by atoms with E-state index >= 15 is 0 Å². The molecule has 1 N–H and O–H groups in total. The second-order valence-corrected chi connectivity index (χ2v) is 3.28. The minimum Gasteiger partial charge on any atom is -0.508 e. The lowest BCUT2D eigenvalue weighted by atomic mass is 10.3. The highest BCUT2D eigenvalue weighted by Gasteiger charge is 1.98. The topological polar surface area (TPSA) is 29.5 Å². The molecule has 0 aliphatic heterocycles. The molecule has 0 aliphatic carbocycles. The number of phenols is 1. The summed E-state index contributed by atoms with van der Waals surface area (Å²) in [7, 11) is 3.02. The predicted octanol–water partition coefficient (Wildman–Crippen LogP) is -0.263. The Kier molecular flexibility index (Phi) is 2.67. The lowest BCUT2D eigenvalue weighted by Crippen LogP contribution is -2.16. The molecule has 5 radical (unpaired) electrons. The van der Waals surface area contributed by atoms with Gasteiger partial charge in [0.1, 0.15) is 5.75 Å². The third-order valence-corrected chi connectivity index (χ3v) is 2.12. The van der Waals surface area contributed by atoms with Gasteiger partial charge in [-0.05, 0) is 6.07 Å². The van der Waals surface area contributed by atoms with Crippen LogP contribution < -0.4 is 5.19 Å². The van der Waals surface area contributed by atoms with Gasteiger partial charge in [-0.1, -0.05) is 18.2 Å². The van der Waals surface area contributed by atoms with Crippen molar-refractivity contribution >= 4 is 25.4 Å². The minimum absolute atomic E-state index is 0.150. The van der Waals surface area contributed by atoms with Gasteiger partial charge in [-0.2, -0.15) is 0 Å². The van der Waals surface area contributed by atoms with Gasteiger partial charge in [0.2, 0.25) is 10.5 Å². The Labute approximate surface area is 65.3 Å². The van der Waals surface area contributed by atoms with Gasteiger partial charge in [-0.3, -0.25) is 0 Å². The summed E-state index contributed by atoms with van der Waals surface area (Å²) in [6.07, 6.45) is 0.